The fourth-order valence-corrected chi connectivity index (χ4v) is 6.00. The molecule has 0 atom stereocenters. The summed E-state index contributed by atoms with van der Waals surface area (Å²) in [5, 5.41) is 3.58. The van der Waals surface area contributed by atoms with E-state index in [0.717, 1.165) is 0 Å². The molecular weight excluding hydrogens is 384 g/mol. The van der Waals surface area contributed by atoms with Gasteiger partial charge < -0.3 is 0 Å². The van der Waals surface area contributed by atoms with Crippen LogP contribution in [0.15, 0.2) is 91.0 Å². The molecule has 0 nitrogen and oxygen atoms in total. The van der Waals surface area contributed by atoms with Gasteiger partial charge in [0.15, 0.2) is 0 Å². The van der Waals surface area contributed by atoms with Gasteiger partial charge >= 0.3 is 19.5 Å². The summed E-state index contributed by atoms with van der Waals surface area (Å²) in [4.78, 5) is 0. The molecule has 0 aliphatic heterocycles. The van der Waals surface area contributed by atoms with Gasteiger partial charge in [-0.15, -0.1) is 0 Å². The molecule has 0 aliphatic rings. The summed E-state index contributed by atoms with van der Waals surface area (Å²) in [5.74, 6) is 0. The van der Waals surface area contributed by atoms with Gasteiger partial charge in [-0.05, 0) is 36.4 Å². The van der Waals surface area contributed by atoms with Crippen molar-refractivity contribution < 1.29 is 19.5 Å². The van der Waals surface area contributed by atoms with Crippen LogP contribution in [-0.4, -0.2) is 0 Å². The van der Waals surface area contributed by atoms with Crippen molar-refractivity contribution in [2.75, 3.05) is 0 Å². The van der Waals surface area contributed by atoms with E-state index in [1.165, 1.54) is 15.9 Å². The maximum absolute atomic E-state index is 7.23. The molecule has 21 heavy (non-hydrogen) atoms. The van der Waals surface area contributed by atoms with Crippen LogP contribution >= 0.6 is 17.9 Å². The Morgan fingerprint density at radius 1 is 0.476 bits per heavy atom. The number of benzene rings is 3. The van der Waals surface area contributed by atoms with E-state index in [-0.39, 0.29) is 19.5 Å². The molecule has 0 amide bonds. The van der Waals surface area contributed by atoms with Crippen LogP contribution in [0.3, 0.4) is 0 Å². The Hall–Kier alpha value is -0.997. The van der Waals surface area contributed by atoms with Crippen LogP contribution in [0.2, 0.25) is 0 Å². The number of halogens is 1. The molecule has 0 N–H and O–H groups in total. The van der Waals surface area contributed by atoms with Crippen molar-refractivity contribution in [1.29, 1.82) is 0 Å². The molecule has 0 fully saturated rings. The van der Waals surface area contributed by atoms with E-state index < -0.39 is 6.62 Å². The van der Waals surface area contributed by atoms with Crippen LogP contribution in [0.5, 0.6) is 0 Å². The Morgan fingerprint density at radius 2 is 0.714 bits per heavy atom. The monoisotopic (exact) mass is 400 g/mol. The topological polar surface area (TPSA) is 0 Å². The van der Waals surface area contributed by atoms with Crippen LogP contribution in [0.1, 0.15) is 0 Å². The molecule has 3 aromatic carbocycles. The first-order chi connectivity index (χ1) is 9.82. The minimum atomic E-state index is -2.05. The van der Waals surface area contributed by atoms with Crippen molar-refractivity contribution in [3.05, 3.63) is 91.0 Å². The van der Waals surface area contributed by atoms with Crippen LogP contribution in [0.4, 0.5) is 0 Å². The maximum atomic E-state index is 7.23. The Morgan fingerprint density at radius 3 is 0.952 bits per heavy atom. The quantitative estimate of drug-likeness (QED) is 0.463. The van der Waals surface area contributed by atoms with E-state index in [4.69, 9.17) is 11.2 Å². The third-order valence-corrected chi connectivity index (χ3v) is 8.12. The van der Waals surface area contributed by atoms with Crippen molar-refractivity contribution in [2.24, 2.45) is 0 Å². The standard InChI is InChI=1S/C18H15ClP.Ru.H/c19-20(16-10-4-1-5-11-16,17-12-6-2-7-13-17)18-14-8-3-9-15-18;;/h1-15H;;/q+1;;. The molecule has 3 rings (SSSR count). The Kier molecular flexibility index (Phi) is 5.71. The van der Waals surface area contributed by atoms with Crippen LogP contribution < -0.4 is 15.9 Å². The summed E-state index contributed by atoms with van der Waals surface area (Å²) >= 11 is 7.23. The number of rotatable bonds is 3. The SMILES string of the molecule is Cl[P+](c1ccccc1)(c1ccccc1)c1ccccc1.[RuH]. The van der Waals surface area contributed by atoms with Gasteiger partial charge in [0.05, 0.1) is 0 Å². The summed E-state index contributed by atoms with van der Waals surface area (Å²) in [6.07, 6.45) is 0. The Labute approximate surface area is 144 Å². The van der Waals surface area contributed by atoms with Crippen LogP contribution in [-0.2, 0) is 19.5 Å². The second kappa shape index (κ2) is 7.32. The summed E-state index contributed by atoms with van der Waals surface area (Å²) in [6.45, 7) is -2.05. The number of hydrogen-bond donors (Lipinski definition) is 0. The normalized spacial score (nSPS) is 10.7. The second-order valence-corrected chi connectivity index (χ2v) is 8.84. The Bertz CT molecular complexity index is 575. The van der Waals surface area contributed by atoms with Gasteiger partial charge in [-0.25, -0.2) is 0 Å². The van der Waals surface area contributed by atoms with E-state index in [2.05, 4.69) is 72.8 Å². The van der Waals surface area contributed by atoms with Gasteiger partial charge in [0, 0.05) is 0 Å². The molecular formula is C18H16ClPRu+. The Balaban J connectivity index is 0.00000161. The summed E-state index contributed by atoms with van der Waals surface area (Å²) in [6, 6.07) is 31.2. The third-order valence-electron chi connectivity index (χ3n) is 3.34. The molecule has 0 unspecified atom stereocenters. The van der Waals surface area contributed by atoms with Crippen LogP contribution in [0, 0.1) is 0 Å². The predicted molar refractivity (Wildman–Crippen MR) is 92.4 cm³/mol. The summed E-state index contributed by atoms with van der Waals surface area (Å²) < 4.78 is 0. The average molecular weight is 400 g/mol. The van der Waals surface area contributed by atoms with Gasteiger partial charge in [0.1, 0.15) is 27.2 Å². The molecule has 0 aromatic heterocycles. The zero-order valence-electron chi connectivity index (χ0n) is 11.4. The summed E-state index contributed by atoms with van der Waals surface area (Å²) in [7, 11) is 0. The molecule has 0 radical (unpaired) electrons. The van der Waals surface area contributed by atoms with Crippen molar-refractivity contribution in [3.63, 3.8) is 0 Å². The van der Waals surface area contributed by atoms with Crippen molar-refractivity contribution in [3.8, 4) is 0 Å². The van der Waals surface area contributed by atoms with E-state index in [1.807, 2.05) is 18.2 Å². The molecule has 3 heteroatoms. The van der Waals surface area contributed by atoms with Gasteiger partial charge in [0.25, 0.3) is 0 Å². The van der Waals surface area contributed by atoms with Gasteiger partial charge in [-0.2, -0.15) is 0 Å². The third kappa shape index (κ3) is 3.27. The fourth-order valence-electron chi connectivity index (χ4n) is 2.35. The van der Waals surface area contributed by atoms with Crippen LogP contribution in [0.25, 0.3) is 0 Å². The first kappa shape index (κ1) is 16.4. The number of hydrogen-bond acceptors (Lipinski definition) is 0. The van der Waals surface area contributed by atoms with E-state index in [0.29, 0.717) is 0 Å². The van der Waals surface area contributed by atoms with E-state index in [9.17, 15) is 0 Å². The zero-order chi connectivity index (χ0) is 13.8. The summed E-state index contributed by atoms with van der Waals surface area (Å²) in [5.41, 5.74) is 0. The molecule has 0 spiro atoms. The molecule has 3 aromatic rings. The second-order valence-electron chi connectivity index (χ2n) is 4.60. The molecule has 0 bridgehead atoms. The predicted octanol–water partition coefficient (Wildman–Crippen LogP) is 3.86. The minimum absolute atomic E-state index is 0. The van der Waals surface area contributed by atoms with Crippen molar-refractivity contribution in [1.82, 2.24) is 0 Å². The van der Waals surface area contributed by atoms with E-state index in [1.54, 1.807) is 0 Å². The van der Waals surface area contributed by atoms with Gasteiger partial charge in [-0.3, -0.25) is 0 Å². The first-order valence-electron chi connectivity index (χ1n) is 6.57. The molecule has 0 heterocycles. The van der Waals surface area contributed by atoms with Crippen molar-refractivity contribution >= 4 is 33.8 Å². The molecule has 0 aliphatic carbocycles. The average Bonchev–Trinajstić information content (AvgIpc) is 2.56. The molecule has 107 valence electrons. The zero-order valence-corrected chi connectivity index (χ0v) is 14.9. The van der Waals surface area contributed by atoms with Crippen molar-refractivity contribution in [2.45, 2.75) is 0 Å². The van der Waals surface area contributed by atoms with Gasteiger partial charge in [0.2, 0.25) is 6.62 Å². The molecule has 0 saturated carbocycles. The first-order valence-corrected chi connectivity index (χ1v) is 9.27. The van der Waals surface area contributed by atoms with Gasteiger partial charge in [-0.1, -0.05) is 54.6 Å². The molecule has 0 saturated heterocycles. The van der Waals surface area contributed by atoms with E-state index >= 15 is 0 Å². The fraction of sp³-hybridized carbons (Fsp3) is 0.